The molecule has 0 spiro atoms. The first-order chi connectivity index (χ1) is 7.25. The molecule has 0 fully saturated rings. The quantitative estimate of drug-likeness (QED) is 0.688. The SMILES string of the molecule is Nc1ncc(N2Cc3nonc3C2=O)o1. The number of anilines is 2. The molecule has 1 aliphatic heterocycles. The van der Waals surface area contributed by atoms with Crippen LogP contribution in [0.2, 0.25) is 0 Å². The molecule has 3 heterocycles. The van der Waals surface area contributed by atoms with E-state index in [1.807, 2.05) is 0 Å². The van der Waals surface area contributed by atoms with Gasteiger partial charge in [-0.3, -0.25) is 9.69 Å². The van der Waals surface area contributed by atoms with Crippen LogP contribution >= 0.6 is 0 Å². The van der Waals surface area contributed by atoms with Crippen LogP contribution in [0.5, 0.6) is 0 Å². The first-order valence-electron chi connectivity index (χ1n) is 4.10. The number of amides is 1. The molecule has 2 aromatic rings. The Morgan fingerprint density at radius 2 is 2.33 bits per heavy atom. The van der Waals surface area contributed by atoms with E-state index in [1.165, 1.54) is 11.1 Å². The molecule has 76 valence electrons. The molecule has 0 radical (unpaired) electrons. The van der Waals surface area contributed by atoms with Crippen LogP contribution in [0.4, 0.5) is 11.9 Å². The van der Waals surface area contributed by atoms with Crippen molar-refractivity contribution in [2.45, 2.75) is 6.54 Å². The van der Waals surface area contributed by atoms with Gasteiger partial charge in [0.15, 0.2) is 5.69 Å². The minimum absolute atomic E-state index is 0.00925. The average Bonchev–Trinajstić information content (AvgIpc) is 2.84. The number of oxazole rings is 1. The minimum atomic E-state index is -0.331. The molecule has 8 nitrogen and oxygen atoms in total. The largest absolute Gasteiger partial charge is 0.407 e. The van der Waals surface area contributed by atoms with E-state index in [9.17, 15) is 4.79 Å². The summed E-state index contributed by atoms with van der Waals surface area (Å²) in [7, 11) is 0. The van der Waals surface area contributed by atoms with Gasteiger partial charge in [0.2, 0.25) is 5.88 Å². The van der Waals surface area contributed by atoms with Gasteiger partial charge in [0.05, 0.1) is 12.7 Å². The number of hydrogen-bond donors (Lipinski definition) is 1. The standard InChI is InChI=1S/C7H5N5O3/c8-7-9-1-4(14-7)12-2-3-5(6(12)13)11-15-10-3/h1H,2H2,(H2,8,9). The second kappa shape index (κ2) is 2.56. The second-order valence-electron chi connectivity index (χ2n) is 2.99. The molecule has 0 unspecified atom stereocenters. The van der Waals surface area contributed by atoms with E-state index < -0.39 is 0 Å². The maximum absolute atomic E-state index is 11.7. The number of carbonyl (C=O) groups excluding carboxylic acids is 1. The zero-order chi connectivity index (χ0) is 10.4. The number of nitrogens with two attached hydrogens (primary N) is 1. The van der Waals surface area contributed by atoms with E-state index in [-0.39, 0.29) is 30.0 Å². The molecule has 8 heteroatoms. The van der Waals surface area contributed by atoms with Gasteiger partial charge in [-0.15, -0.1) is 0 Å². The van der Waals surface area contributed by atoms with Crippen LogP contribution in [-0.2, 0) is 6.54 Å². The van der Waals surface area contributed by atoms with E-state index in [0.717, 1.165) is 0 Å². The van der Waals surface area contributed by atoms with Crippen LogP contribution in [0.25, 0.3) is 0 Å². The van der Waals surface area contributed by atoms with Crippen LogP contribution in [0.3, 0.4) is 0 Å². The van der Waals surface area contributed by atoms with Crippen molar-refractivity contribution < 1.29 is 13.8 Å². The third-order valence-electron chi connectivity index (χ3n) is 2.09. The van der Waals surface area contributed by atoms with Crippen molar-refractivity contribution in [1.29, 1.82) is 0 Å². The van der Waals surface area contributed by atoms with Crippen molar-refractivity contribution in [3.05, 3.63) is 17.6 Å². The average molecular weight is 207 g/mol. The van der Waals surface area contributed by atoms with Gasteiger partial charge < -0.3 is 10.2 Å². The summed E-state index contributed by atoms with van der Waals surface area (Å²) in [5.74, 6) is -0.0558. The van der Waals surface area contributed by atoms with Crippen molar-refractivity contribution >= 4 is 17.8 Å². The van der Waals surface area contributed by atoms with Crippen LogP contribution in [0, 0.1) is 0 Å². The molecule has 2 aromatic heterocycles. The lowest BCUT2D eigenvalue weighted by molar-refractivity contribution is 0.0981. The number of rotatable bonds is 1. The van der Waals surface area contributed by atoms with Gasteiger partial charge in [-0.05, 0) is 5.16 Å². The number of nitrogen functional groups attached to an aromatic ring is 1. The van der Waals surface area contributed by atoms with E-state index in [0.29, 0.717) is 5.69 Å². The molecule has 0 aliphatic carbocycles. The Bertz CT molecular complexity index is 530. The number of fused-ring (bicyclic) bond motifs is 1. The fourth-order valence-corrected chi connectivity index (χ4v) is 1.40. The molecule has 0 aromatic carbocycles. The summed E-state index contributed by atoms with van der Waals surface area (Å²) in [5, 5.41) is 7.08. The zero-order valence-corrected chi connectivity index (χ0v) is 7.38. The lowest BCUT2D eigenvalue weighted by Crippen LogP contribution is -2.23. The van der Waals surface area contributed by atoms with Gasteiger partial charge in [0, 0.05) is 0 Å². The lowest BCUT2D eigenvalue weighted by atomic mass is 10.4. The van der Waals surface area contributed by atoms with E-state index in [2.05, 4.69) is 19.9 Å². The Morgan fingerprint density at radius 1 is 1.47 bits per heavy atom. The van der Waals surface area contributed by atoms with E-state index in [4.69, 9.17) is 10.2 Å². The molecule has 1 aliphatic rings. The summed E-state index contributed by atoms with van der Waals surface area (Å²) in [4.78, 5) is 16.7. The van der Waals surface area contributed by atoms with Crippen LogP contribution in [0.1, 0.15) is 16.2 Å². The molecule has 3 rings (SSSR count). The molecule has 0 bridgehead atoms. The predicted octanol–water partition coefficient (Wildman–Crippen LogP) is -0.200. The Morgan fingerprint density at radius 3 is 3.00 bits per heavy atom. The highest BCUT2D eigenvalue weighted by molar-refractivity contribution is 6.07. The number of aromatic nitrogens is 3. The van der Waals surface area contributed by atoms with Crippen molar-refractivity contribution in [2.75, 3.05) is 10.6 Å². The lowest BCUT2D eigenvalue weighted by Gasteiger charge is -2.09. The normalized spacial score (nSPS) is 14.7. The topological polar surface area (TPSA) is 111 Å². The van der Waals surface area contributed by atoms with E-state index >= 15 is 0 Å². The highest BCUT2D eigenvalue weighted by Crippen LogP contribution is 2.26. The van der Waals surface area contributed by atoms with Crippen LogP contribution in [-0.4, -0.2) is 21.2 Å². The first-order valence-corrected chi connectivity index (χ1v) is 4.10. The molecular formula is C7H5N5O3. The summed E-state index contributed by atoms with van der Waals surface area (Å²) in [6, 6.07) is 0.00925. The maximum Gasteiger partial charge on any atom is 0.293 e. The van der Waals surface area contributed by atoms with Gasteiger partial charge >= 0.3 is 0 Å². The first kappa shape index (κ1) is 7.97. The molecule has 15 heavy (non-hydrogen) atoms. The maximum atomic E-state index is 11.7. The van der Waals surface area contributed by atoms with E-state index in [1.54, 1.807) is 0 Å². The molecular weight excluding hydrogens is 202 g/mol. The summed E-state index contributed by atoms with van der Waals surface area (Å²) in [6.45, 7) is 0.256. The number of carbonyl (C=O) groups is 1. The number of nitrogens with zero attached hydrogens (tertiary/aromatic N) is 4. The second-order valence-corrected chi connectivity index (χ2v) is 2.99. The van der Waals surface area contributed by atoms with Gasteiger partial charge in [0.25, 0.3) is 11.9 Å². The van der Waals surface area contributed by atoms with Gasteiger partial charge in [0.1, 0.15) is 5.69 Å². The molecule has 1 amide bonds. The Kier molecular flexibility index (Phi) is 1.36. The van der Waals surface area contributed by atoms with Gasteiger partial charge in [-0.1, -0.05) is 5.16 Å². The predicted molar refractivity (Wildman–Crippen MR) is 45.7 cm³/mol. The monoisotopic (exact) mass is 207 g/mol. The molecule has 0 saturated heterocycles. The molecule has 0 atom stereocenters. The minimum Gasteiger partial charge on any atom is -0.407 e. The van der Waals surface area contributed by atoms with Crippen molar-refractivity contribution in [3.63, 3.8) is 0 Å². The zero-order valence-electron chi connectivity index (χ0n) is 7.38. The smallest absolute Gasteiger partial charge is 0.293 e. The Hall–Kier alpha value is -2.38. The third kappa shape index (κ3) is 1.01. The fourth-order valence-electron chi connectivity index (χ4n) is 1.40. The Labute approximate surface area is 82.6 Å². The van der Waals surface area contributed by atoms with Crippen LogP contribution < -0.4 is 10.6 Å². The van der Waals surface area contributed by atoms with Crippen molar-refractivity contribution in [1.82, 2.24) is 15.3 Å². The van der Waals surface area contributed by atoms with Gasteiger partial charge in [-0.2, -0.15) is 4.98 Å². The Balaban J connectivity index is 1.99. The number of hydrogen-bond acceptors (Lipinski definition) is 7. The van der Waals surface area contributed by atoms with Crippen LogP contribution in [0.15, 0.2) is 15.2 Å². The van der Waals surface area contributed by atoms with Crippen molar-refractivity contribution in [3.8, 4) is 0 Å². The third-order valence-corrected chi connectivity index (χ3v) is 2.09. The summed E-state index contributed by atoms with van der Waals surface area (Å²) in [5.41, 5.74) is 5.99. The summed E-state index contributed by atoms with van der Waals surface area (Å²) >= 11 is 0. The summed E-state index contributed by atoms with van der Waals surface area (Å²) < 4.78 is 9.45. The van der Waals surface area contributed by atoms with Crippen molar-refractivity contribution in [2.24, 2.45) is 0 Å². The summed E-state index contributed by atoms with van der Waals surface area (Å²) in [6.07, 6.45) is 1.37. The highest BCUT2D eigenvalue weighted by atomic mass is 16.6. The molecule has 0 saturated carbocycles. The molecule has 2 N–H and O–H groups in total. The highest BCUT2D eigenvalue weighted by Gasteiger charge is 2.35. The van der Waals surface area contributed by atoms with Gasteiger partial charge in [-0.25, -0.2) is 4.63 Å². The fraction of sp³-hybridized carbons (Fsp3) is 0.143.